The fraction of sp³-hybridized carbons (Fsp3) is 0.348. The molecule has 2 rings (SSSR count). The van der Waals surface area contributed by atoms with Crippen molar-refractivity contribution in [1.29, 1.82) is 0 Å². The fourth-order valence-electron chi connectivity index (χ4n) is 3.01. The van der Waals surface area contributed by atoms with Gasteiger partial charge < -0.3 is 20.5 Å². The van der Waals surface area contributed by atoms with E-state index in [-0.39, 0.29) is 18.9 Å². The lowest BCUT2D eigenvalue weighted by molar-refractivity contribution is -0.142. The zero-order valence-corrected chi connectivity index (χ0v) is 19.3. The Kier molecular flexibility index (Phi) is 9.81. The molecule has 3 N–H and O–H groups in total. The van der Waals surface area contributed by atoms with Gasteiger partial charge in [0.2, 0.25) is 5.91 Å². The number of alkyl carbamates (subject to hydrolysis) is 1. The minimum absolute atomic E-state index is 0.0471. The normalized spacial score (nSPS) is 12.7. The third-order valence-corrected chi connectivity index (χ3v) is 5.32. The van der Waals surface area contributed by atoms with E-state index in [1.807, 2.05) is 44.2 Å². The summed E-state index contributed by atoms with van der Waals surface area (Å²) in [5.41, 5.74) is 1.22. The minimum atomic E-state index is -1.28. The minimum Gasteiger partial charge on any atom is -0.480 e. The summed E-state index contributed by atoms with van der Waals surface area (Å²) in [5.74, 6) is -1.82. The summed E-state index contributed by atoms with van der Waals surface area (Å²) in [5, 5.41) is 15.2. The van der Waals surface area contributed by atoms with Gasteiger partial charge >= 0.3 is 12.1 Å². The molecule has 9 heteroatoms. The molecule has 0 aromatic heterocycles. The molecule has 7 nitrogen and oxygen atoms in total. The average Bonchev–Trinajstić information content (AvgIpc) is 2.73. The Balaban J connectivity index is 2.05. The van der Waals surface area contributed by atoms with Crippen LogP contribution < -0.4 is 10.6 Å². The molecule has 172 valence electrons. The van der Waals surface area contributed by atoms with Gasteiger partial charge in [0.25, 0.3) is 0 Å². The monoisotopic (exact) mass is 480 g/mol. The number of benzene rings is 2. The summed E-state index contributed by atoms with van der Waals surface area (Å²) in [6.45, 7) is 3.82. The van der Waals surface area contributed by atoms with Crippen LogP contribution >= 0.6 is 23.2 Å². The SMILES string of the molecule is CC(C)C[C@H](NC(=O)OCc1ccccc1)C(=O)N[C@@H](Cc1c(Cl)cccc1Cl)C(=O)O. The van der Waals surface area contributed by atoms with Gasteiger partial charge in [-0.1, -0.05) is 73.4 Å². The Labute approximate surface area is 197 Å². The van der Waals surface area contributed by atoms with E-state index in [0.717, 1.165) is 5.56 Å². The second kappa shape index (κ2) is 12.3. The maximum atomic E-state index is 12.9. The summed E-state index contributed by atoms with van der Waals surface area (Å²) in [7, 11) is 0. The van der Waals surface area contributed by atoms with Gasteiger partial charge in [-0.3, -0.25) is 4.79 Å². The summed E-state index contributed by atoms with van der Waals surface area (Å²) in [6.07, 6.45) is -0.576. The lowest BCUT2D eigenvalue weighted by Gasteiger charge is -2.23. The molecular weight excluding hydrogens is 455 g/mol. The molecule has 32 heavy (non-hydrogen) atoms. The van der Waals surface area contributed by atoms with Crippen LogP contribution in [0.15, 0.2) is 48.5 Å². The number of carbonyl (C=O) groups excluding carboxylic acids is 2. The van der Waals surface area contributed by atoms with Gasteiger partial charge in [0.15, 0.2) is 0 Å². The van der Waals surface area contributed by atoms with Crippen LogP contribution in [0.4, 0.5) is 4.79 Å². The molecule has 0 bridgehead atoms. The van der Waals surface area contributed by atoms with Crippen molar-refractivity contribution >= 4 is 41.2 Å². The van der Waals surface area contributed by atoms with Gasteiger partial charge in [-0.05, 0) is 35.6 Å². The van der Waals surface area contributed by atoms with Crippen molar-refractivity contribution in [3.63, 3.8) is 0 Å². The maximum Gasteiger partial charge on any atom is 0.408 e. The van der Waals surface area contributed by atoms with Crippen molar-refractivity contribution < 1.29 is 24.2 Å². The molecule has 0 heterocycles. The fourth-order valence-corrected chi connectivity index (χ4v) is 3.57. The Morgan fingerprint density at radius 2 is 1.56 bits per heavy atom. The molecule has 0 saturated carbocycles. The Morgan fingerprint density at radius 1 is 0.938 bits per heavy atom. The first-order chi connectivity index (χ1) is 15.2. The van der Waals surface area contributed by atoms with Crippen molar-refractivity contribution in [2.24, 2.45) is 5.92 Å². The largest absolute Gasteiger partial charge is 0.480 e. The smallest absolute Gasteiger partial charge is 0.408 e. The quantitative estimate of drug-likeness (QED) is 0.465. The van der Waals surface area contributed by atoms with E-state index >= 15 is 0 Å². The van der Waals surface area contributed by atoms with Crippen LogP contribution in [0.3, 0.4) is 0 Å². The molecule has 0 aliphatic rings. The van der Waals surface area contributed by atoms with E-state index in [0.29, 0.717) is 22.0 Å². The summed E-state index contributed by atoms with van der Waals surface area (Å²) >= 11 is 12.3. The Hall–Kier alpha value is -2.77. The number of ether oxygens (including phenoxy) is 1. The second-order valence-corrected chi connectivity index (χ2v) is 8.51. The van der Waals surface area contributed by atoms with Crippen molar-refractivity contribution in [1.82, 2.24) is 10.6 Å². The number of hydrogen-bond donors (Lipinski definition) is 3. The first-order valence-electron chi connectivity index (χ1n) is 10.1. The van der Waals surface area contributed by atoms with E-state index in [1.54, 1.807) is 18.2 Å². The van der Waals surface area contributed by atoms with E-state index in [9.17, 15) is 19.5 Å². The van der Waals surface area contributed by atoms with Crippen LogP contribution in [0, 0.1) is 5.92 Å². The van der Waals surface area contributed by atoms with E-state index in [1.165, 1.54) is 0 Å². The van der Waals surface area contributed by atoms with Gasteiger partial charge in [0.05, 0.1) is 0 Å². The predicted octanol–water partition coefficient (Wildman–Crippen LogP) is 4.45. The van der Waals surface area contributed by atoms with E-state index < -0.39 is 30.1 Å². The molecule has 2 aromatic rings. The van der Waals surface area contributed by atoms with E-state index in [4.69, 9.17) is 27.9 Å². The third-order valence-electron chi connectivity index (χ3n) is 4.61. The number of carbonyl (C=O) groups is 3. The zero-order chi connectivity index (χ0) is 23.7. The van der Waals surface area contributed by atoms with Gasteiger partial charge in [0, 0.05) is 16.5 Å². The summed E-state index contributed by atoms with van der Waals surface area (Å²) in [4.78, 5) is 36.9. The third kappa shape index (κ3) is 8.05. The topological polar surface area (TPSA) is 105 Å². The molecule has 0 aliphatic carbocycles. The average molecular weight is 481 g/mol. The first kappa shape index (κ1) is 25.5. The number of carboxylic acids is 1. The lowest BCUT2D eigenvalue weighted by Crippen LogP contribution is -2.52. The summed E-state index contributed by atoms with van der Waals surface area (Å²) in [6, 6.07) is 11.7. The van der Waals surface area contributed by atoms with Crippen molar-refractivity contribution in [2.45, 2.75) is 45.4 Å². The first-order valence-corrected chi connectivity index (χ1v) is 10.9. The number of carboxylic acid groups (broad SMARTS) is 1. The van der Waals surface area contributed by atoms with Crippen LogP contribution in [-0.2, 0) is 27.4 Å². The highest BCUT2D eigenvalue weighted by Gasteiger charge is 2.28. The molecule has 2 amide bonds. The molecule has 0 unspecified atom stereocenters. The molecule has 2 aromatic carbocycles. The second-order valence-electron chi connectivity index (χ2n) is 7.69. The standard InChI is InChI=1S/C23H26Cl2N2O5/c1-14(2)11-19(27-23(31)32-13-15-7-4-3-5-8-15)21(28)26-20(22(29)30)12-16-17(24)9-6-10-18(16)25/h3-10,14,19-20H,11-13H2,1-2H3,(H,26,28)(H,27,31)(H,29,30)/t19-,20-/m0/s1. The highest BCUT2D eigenvalue weighted by molar-refractivity contribution is 6.36. The van der Waals surface area contributed by atoms with E-state index in [2.05, 4.69) is 10.6 Å². The highest BCUT2D eigenvalue weighted by atomic mass is 35.5. The predicted molar refractivity (Wildman–Crippen MR) is 123 cm³/mol. The molecule has 0 saturated heterocycles. The maximum absolute atomic E-state index is 12.9. The molecule has 0 aliphatic heterocycles. The van der Waals surface area contributed by atoms with Gasteiger partial charge in [-0.2, -0.15) is 0 Å². The number of hydrogen-bond acceptors (Lipinski definition) is 4. The zero-order valence-electron chi connectivity index (χ0n) is 17.8. The number of halogens is 2. The summed E-state index contributed by atoms with van der Waals surface area (Å²) < 4.78 is 5.19. The van der Waals surface area contributed by atoms with Gasteiger partial charge in [0.1, 0.15) is 18.7 Å². The molecular formula is C23H26Cl2N2O5. The van der Waals surface area contributed by atoms with Crippen molar-refractivity contribution in [3.05, 3.63) is 69.7 Å². The number of aliphatic carboxylic acids is 1. The van der Waals surface area contributed by atoms with Crippen molar-refractivity contribution in [3.8, 4) is 0 Å². The molecule has 0 radical (unpaired) electrons. The van der Waals surface area contributed by atoms with Crippen LogP contribution in [0.2, 0.25) is 10.0 Å². The van der Waals surface area contributed by atoms with Crippen LogP contribution in [-0.4, -0.2) is 35.2 Å². The van der Waals surface area contributed by atoms with Crippen LogP contribution in [0.1, 0.15) is 31.4 Å². The molecule has 0 fully saturated rings. The Morgan fingerprint density at radius 3 is 2.12 bits per heavy atom. The van der Waals surface area contributed by atoms with Crippen LogP contribution in [0.25, 0.3) is 0 Å². The van der Waals surface area contributed by atoms with Gasteiger partial charge in [-0.15, -0.1) is 0 Å². The number of rotatable bonds is 10. The Bertz CT molecular complexity index is 917. The highest BCUT2D eigenvalue weighted by Crippen LogP contribution is 2.25. The number of amides is 2. The van der Waals surface area contributed by atoms with Gasteiger partial charge in [-0.25, -0.2) is 9.59 Å². The molecule has 2 atom stereocenters. The lowest BCUT2D eigenvalue weighted by atomic mass is 10.0. The van der Waals surface area contributed by atoms with Crippen molar-refractivity contribution in [2.75, 3.05) is 0 Å². The van der Waals surface area contributed by atoms with Crippen LogP contribution in [0.5, 0.6) is 0 Å². The number of nitrogens with one attached hydrogen (secondary N) is 2. The molecule has 0 spiro atoms.